The number of rotatable bonds is 6. The Balaban J connectivity index is 1.47. The molecule has 0 aromatic heterocycles. The highest BCUT2D eigenvalue weighted by molar-refractivity contribution is 6.22. The van der Waals surface area contributed by atoms with Gasteiger partial charge in [0.05, 0.1) is 41.2 Å². The van der Waals surface area contributed by atoms with Gasteiger partial charge in [0.25, 0.3) is 11.7 Å². The van der Waals surface area contributed by atoms with Gasteiger partial charge in [-0.1, -0.05) is 59.8 Å². The molecule has 17 heteroatoms. The summed E-state index contributed by atoms with van der Waals surface area (Å²) in [7, 11) is 1.44. The molecule has 2 aromatic rings. The molecule has 4 aliphatic heterocycles. The van der Waals surface area contributed by atoms with Gasteiger partial charge in [0, 0.05) is 99.4 Å². The first kappa shape index (κ1) is 50.7. The van der Waals surface area contributed by atoms with E-state index in [1.54, 1.807) is 45.9 Å². The maximum Gasteiger partial charge on any atom is 0.312 e. The second kappa shape index (κ2) is 20.1. The number of aromatic hydroxyl groups is 1. The molecular formula is C52H64N4O13. The second-order valence-electron chi connectivity index (χ2n) is 19.4. The number of ketones is 1. The summed E-state index contributed by atoms with van der Waals surface area (Å²) >= 11 is 0. The molecule has 1 fully saturated rings. The molecule has 4 bridgehead atoms. The third kappa shape index (κ3) is 9.61. The van der Waals surface area contributed by atoms with Gasteiger partial charge in [0.1, 0.15) is 40.8 Å². The molecule has 0 unspecified atom stereocenters. The minimum absolute atomic E-state index is 0.0432. The number of Topliss-reactive ketones (excluding diaryl/α,β-unsaturated/α-hetero) is 1. The summed E-state index contributed by atoms with van der Waals surface area (Å²) in [5.41, 5.74) is 0.0220. The number of benzene rings is 3. The molecular weight excluding hydrogens is 889 g/mol. The minimum atomic E-state index is -2.08. The number of phenols is 1. The van der Waals surface area contributed by atoms with Crippen molar-refractivity contribution in [1.29, 1.82) is 0 Å². The lowest BCUT2D eigenvalue weighted by Crippen LogP contribution is -2.47. The fraction of sp³-hybridized carbons (Fsp3) is 0.500. The maximum absolute atomic E-state index is 15.0. The Bertz CT molecular complexity index is 2790. The van der Waals surface area contributed by atoms with Gasteiger partial charge in [-0.25, -0.2) is 4.98 Å². The third-order valence-corrected chi connectivity index (χ3v) is 13.9. The molecule has 0 radical (unpaired) electrons. The number of aliphatic hydroxyl groups excluding tert-OH is 2. The molecule has 7 rings (SSSR count). The summed E-state index contributed by atoms with van der Waals surface area (Å²) in [6.07, 6.45) is 4.18. The average Bonchev–Trinajstić information content (AvgIpc) is 3.58. The lowest BCUT2D eigenvalue weighted by molar-refractivity contribution is -0.160. The molecule has 1 aliphatic carbocycles. The SMILES string of the molecule is CO[C@H]1/C=C/O[C@@]2(C)Oc3c(C)c(O)c4c(=O)c(c5oc6cc(C=O)cc(N7CCN(CC(C)C)CC7)c6nc-5c4c3C2=O)NC(=O)/C(C)=C\C=C\[C@H](C)[C@H](O)[C@@H](C)[C@@H](O)[C@@H](C)[C@H](OC(C)=O)[C@@H]1C. The Morgan fingerprint density at radius 1 is 1.00 bits per heavy atom. The number of aldehydes is 1. The zero-order valence-electron chi connectivity index (χ0n) is 41.1. The van der Waals surface area contributed by atoms with Gasteiger partial charge in [-0.3, -0.25) is 28.9 Å². The van der Waals surface area contributed by atoms with Crippen LogP contribution in [-0.4, -0.2) is 119 Å². The van der Waals surface area contributed by atoms with Gasteiger partial charge in [-0.15, -0.1) is 0 Å². The molecule has 370 valence electrons. The number of aromatic nitrogens is 1. The first-order valence-electron chi connectivity index (χ1n) is 23.5. The lowest BCUT2D eigenvalue weighted by atomic mass is 9.78. The normalized spacial score (nSPS) is 29.2. The largest absolute Gasteiger partial charge is 0.507 e. The smallest absolute Gasteiger partial charge is 0.312 e. The second-order valence-corrected chi connectivity index (χ2v) is 19.4. The summed E-state index contributed by atoms with van der Waals surface area (Å²) in [6.45, 7) is 20.5. The number of phenolic OH excluding ortho intramolecular Hbond substituents is 1. The highest BCUT2D eigenvalue weighted by Gasteiger charge is 2.50. The highest BCUT2D eigenvalue weighted by atomic mass is 16.7. The van der Waals surface area contributed by atoms with E-state index in [2.05, 4.69) is 29.0 Å². The van der Waals surface area contributed by atoms with Gasteiger partial charge in [-0.05, 0) is 38.0 Å². The quantitative estimate of drug-likeness (QED) is 0.0696. The first-order valence-corrected chi connectivity index (χ1v) is 23.5. The van der Waals surface area contributed by atoms with E-state index in [4.69, 9.17) is 28.3 Å². The van der Waals surface area contributed by atoms with Crippen molar-refractivity contribution in [1.82, 2.24) is 9.88 Å². The Morgan fingerprint density at radius 2 is 1.70 bits per heavy atom. The zero-order chi connectivity index (χ0) is 50.4. The van der Waals surface area contributed by atoms with Crippen LogP contribution in [0.3, 0.4) is 0 Å². The topological polar surface area (TPSA) is 227 Å². The number of fused-ring (bicyclic) bond motifs is 2. The van der Waals surface area contributed by atoms with Gasteiger partial charge in [0.15, 0.2) is 11.3 Å². The van der Waals surface area contributed by atoms with Gasteiger partial charge in [-0.2, -0.15) is 0 Å². The van der Waals surface area contributed by atoms with Crippen LogP contribution in [0, 0.1) is 36.5 Å². The fourth-order valence-electron chi connectivity index (χ4n) is 9.91. The number of nitrogens with zero attached hydrogens (tertiary/aromatic N) is 3. The van der Waals surface area contributed by atoms with Crippen LogP contribution in [0.1, 0.15) is 88.6 Å². The van der Waals surface area contributed by atoms with Crippen molar-refractivity contribution in [2.75, 3.05) is 50.1 Å². The van der Waals surface area contributed by atoms with Crippen molar-refractivity contribution in [3.8, 4) is 23.0 Å². The van der Waals surface area contributed by atoms with Crippen LogP contribution in [0.5, 0.6) is 11.5 Å². The van der Waals surface area contributed by atoms with Gasteiger partial charge < -0.3 is 48.9 Å². The van der Waals surface area contributed by atoms with Gasteiger partial charge in [0.2, 0.25) is 5.43 Å². The lowest BCUT2D eigenvalue weighted by Gasteiger charge is -2.38. The minimum Gasteiger partial charge on any atom is -0.507 e. The Morgan fingerprint density at radius 3 is 2.33 bits per heavy atom. The predicted molar refractivity (Wildman–Crippen MR) is 260 cm³/mol. The molecule has 0 saturated carbocycles. The molecule has 4 heterocycles. The van der Waals surface area contributed by atoms with Crippen LogP contribution in [0.2, 0.25) is 0 Å². The van der Waals surface area contributed by atoms with Crippen molar-refractivity contribution in [3.05, 3.63) is 75.2 Å². The molecule has 5 aliphatic rings. The number of hydrogen-bond donors (Lipinski definition) is 4. The molecule has 4 N–H and O–H groups in total. The van der Waals surface area contributed by atoms with Crippen molar-refractivity contribution < 1.29 is 57.9 Å². The number of hydrogen-bond acceptors (Lipinski definition) is 16. The van der Waals surface area contributed by atoms with Crippen LogP contribution < -0.4 is 20.4 Å². The monoisotopic (exact) mass is 952 g/mol. The summed E-state index contributed by atoms with van der Waals surface area (Å²) in [5.74, 6) is -7.06. The maximum atomic E-state index is 15.0. The fourth-order valence-corrected chi connectivity index (χ4v) is 9.91. The van der Waals surface area contributed by atoms with E-state index in [0.717, 1.165) is 19.6 Å². The number of ether oxygens (including phenoxy) is 4. The van der Waals surface area contributed by atoms with E-state index >= 15 is 0 Å². The first-order chi connectivity index (χ1) is 32.6. The van der Waals surface area contributed by atoms with Crippen molar-refractivity contribution in [2.45, 2.75) is 99.4 Å². The zero-order valence-corrected chi connectivity index (χ0v) is 41.1. The number of allylic oxidation sites excluding steroid dienone is 2. The number of piperazine rings is 1. The number of carbonyl (C=O) groups excluding carboxylic acids is 4. The summed E-state index contributed by atoms with van der Waals surface area (Å²) in [4.78, 5) is 78.5. The molecule has 17 nitrogen and oxygen atoms in total. The number of methoxy groups -OCH3 is 1. The molecule has 1 amide bonds. The molecule has 69 heavy (non-hydrogen) atoms. The van der Waals surface area contributed by atoms with Crippen LogP contribution >= 0.6 is 0 Å². The molecule has 2 aromatic carbocycles. The Hall–Kier alpha value is -6.14. The summed E-state index contributed by atoms with van der Waals surface area (Å²) in [5, 5.41) is 37.3. The van der Waals surface area contributed by atoms with Crippen LogP contribution in [0.4, 0.5) is 11.4 Å². The van der Waals surface area contributed by atoms with E-state index in [9.17, 15) is 39.3 Å². The number of aliphatic hydroxyl groups is 2. The van der Waals surface area contributed by atoms with Gasteiger partial charge >= 0.3 is 11.8 Å². The van der Waals surface area contributed by atoms with Crippen molar-refractivity contribution in [3.63, 3.8) is 0 Å². The number of carbonyl (C=O) groups is 4. The summed E-state index contributed by atoms with van der Waals surface area (Å²) < 4.78 is 30.6. The third-order valence-electron chi connectivity index (χ3n) is 13.9. The Kier molecular flexibility index (Phi) is 14.8. The number of amides is 1. The van der Waals surface area contributed by atoms with E-state index in [1.807, 2.05) is 0 Å². The molecule has 0 spiro atoms. The van der Waals surface area contributed by atoms with Crippen molar-refractivity contribution >= 4 is 57.2 Å². The van der Waals surface area contributed by atoms with Crippen LogP contribution in [0.25, 0.3) is 33.3 Å². The average molecular weight is 953 g/mol. The van der Waals surface area contributed by atoms with E-state index in [-0.39, 0.29) is 61.5 Å². The van der Waals surface area contributed by atoms with E-state index < -0.39 is 82.7 Å². The number of nitrogens with one attached hydrogen (secondary N) is 1. The molecule has 9 atom stereocenters. The number of esters is 1. The standard InChI is InChI=1S/C52H64N4O13/c1-25(2)23-55-16-18-56(19-17-55)34-21-33(24-57)22-36-40(34)53-41-37-38-45(61)31(8)48-39(37)50(63)52(10,69-48)66-20-15-35(65-11)28(5)47(67-32(9)58)30(7)44(60)29(6)43(59)26(3)13-12-14-27(4)51(64)54-42(46(38)62)49(41)68-36/h12-15,20-22,24-26,28-30,35,43-44,47,59-61H,16-19,23H2,1-11H3,(H,54,64)/b13-12+,20-15+,27-14-/t26-,28+,29+,30+,35-,43-,44+,47+,52-/m0/s1. The highest BCUT2D eigenvalue weighted by Crippen LogP contribution is 2.51. The van der Waals surface area contributed by atoms with Crippen molar-refractivity contribution in [2.24, 2.45) is 29.6 Å². The number of anilines is 2. The molecule has 1 saturated heterocycles. The van der Waals surface area contributed by atoms with Crippen LogP contribution in [-0.2, 0) is 23.8 Å². The van der Waals surface area contributed by atoms with E-state index in [0.29, 0.717) is 36.5 Å². The van der Waals surface area contributed by atoms with E-state index in [1.165, 1.54) is 59.3 Å². The van der Waals surface area contributed by atoms with Crippen LogP contribution in [0.15, 0.2) is 57.5 Å². The summed E-state index contributed by atoms with van der Waals surface area (Å²) in [6, 6.07) is 3.20. The predicted octanol–water partition coefficient (Wildman–Crippen LogP) is 6.54. The Labute approximate surface area is 401 Å².